The molecule has 1 fully saturated rings. The zero-order valence-corrected chi connectivity index (χ0v) is 15.0. The molecule has 0 radical (unpaired) electrons. The molecule has 28 heavy (non-hydrogen) atoms. The van der Waals surface area contributed by atoms with Crippen LogP contribution < -0.4 is 0 Å². The van der Waals surface area contributed by atoms with E-state index in [1.165, 1.54) is 0 Å². The Kier molecular flexibility index (Phi) is 3.79. The molecule has 8 nitrogen and oxygen atoms in total. The summed E-state index contributed by atoms with van der Waals surface area (Å²) < 4.78 is 2.03. The highest BCUT2D eigenvalue weighted by Crippen LogP contribution is 2.28. The summed E-state index contributed by atoms with van der Waals surface area (Å²) in [5.74, 6) is 0.947. The number of amides is 1. The van der Waals surface area contributed by atoms with Crippen LogP contribution in [0.4, 0.5) is 0 Å². The standard InChI is InChI=1S/C20H17N7O/c21-10-13-3-5-14(6-4-13)20(28)26-9-1-2-15(12-26)19-25-24-17-11-23-18-16(27(17)19)7-8-22-18/h3-8,11,15,22H,1-2,9,12H2/t15-/m1/s1. The molecule has 0 bridgehead atoms. The largest absolute Gasteiger partial charge is 0.345 e. The molecule has 138 valence electrons. The van der Waals surface area contributed by atoms with Crippen LogP contribution in [0.25, 0.3) is 16.8 Å². The Balaban J connectivity index is 1.46. The first-order valence-electron chi connectivity index (χ1n) is 9.21. The number of hydrogen-bond acceptors (Lipinski definition) is 5. The van der Waals surface area contributed by atoms with Gasteiger partial charge in [0.25, 0.3) is 5.91 Å². The quantitative estimate of drug-likeness (QED) is 0.583. The van der Waals surface area contributed by atoms with Crippen LogP contribution in [0.2, 0.25) is 0 Å². The molecule has 0 aliphatic carbocycles. The Morgan fingerprint density at radius 1 is 1.21 bits per heavy atom. The van der Waals surface area contributed by atoms with Gasteiger partial charge in [0.1, 0.15) is 5.82 Å². The molecule has 1 aliphatic heterocycles. The number of nitriles is 1. The molecule has 0 saturated carbocycles. The third-order valence-electron chi connectivity index (χ3n) is 5.30. The van der Waals surface area contributed by atoms with Gasteiger partial charge >= 0.3 is 0 Å². The number of rotatable bonds is 2. The van der Waals surface area contributed by atoms with Crippen molar-refractivity contribution in [1.82, 2.24) is 29.5 Å². The number of hydrogen-bond donors (Lipinski definition) is 1. The highest BCUT2D eigenvalue weighted by molar-refractivity contribution is 5.94. The fourth-order valence-corrected chi connectivity index (χ4v) is 3.90. The number of carbonyl (C=O) groups is 1. The third-order valence-corrected chi connectivity index (χ3v) is 5.30. The summed E-state index contributed by atoms with van der Waals surface area (Å²) in [6.07, 6.45) is 5.41. The van der Waals surface area contributed by atoms with E-state index in [0.29, 0.717) is 29.9 Å². The number of carbonyl (C=O) groups excluding carboxylic acids is 1. The highest BCUT2D eigenvalue weighted by atomic mass is 16.2. The number of piperidine rings is 1. The molecule has 1 N–H and O–H groups in total. The van der Waals surface area contributed by atoms with E-state index in [-0.39, 0.29) is 11.8 Å². The van der Waals surface area contributed by atoms with Gasteiger partial charge in [-0.05, 0) is 43.2 Å². The second-order valence-electron chi connectivity index (χ2n) is 7.00. The minimum absolute atomic E-state index is 0.0172. The Labute approximate surface area is 160 Å². The zero-order chi connectivity index (χ0) is 19.1. The molecule has 3 aromatic heterocycles. The lowest BCUT2D eigenvalue weighted by molar-refractivity contribution is 0.0704. The monoisotopic (exact) mass is 371 g/mol. The van der Waals surface area contributed by atoms with Crippen LogP contribution in [-0.4, -0.2) is 48.5 Å². The summed E-state index contributed by atoms with van der Waals surface area (Å²) in [5, 5.41) is 17.6. The summed E-state index contributed by atoms with van der Waals surface area (Å²) in [7, 11) is 0. The predicted molar refractivity (Wildman–Crippen MR) is 102 cm³/mol. The van der Waals surface area contributed by atoms with Crippen molar-refractivity contribution >= 4 is 22.7 Å². The van der Waals surface area contributed by atoms with Crippen LogP contribution in [0.15, 0.2) is 42.7 Å². The average Bonchev–Trinajstić information content (AvgIpc) is 3.39. The smallest absolute Gasteiger partial charge is 0.253 e. The first kappa shape index (κ1) is 16.4. The number of H-pyrrole nitrogens is 1. The van der Waals surface area contributed by atoms with Gasteiger partial charge in [-0.3, -0.25) is 9.20 Å². The van der Waals surface area contributed by atoms with Gasteiger partial charge in [0.2, 0.25) is 0 Å². The van der Waals surface area contributed by atoms with Crippen LogP contribution in [0.1, 0.15) is 40.5 Å². The minimum Gasteiger partial charge on any atom is -0.345 e. The van der Waals surface area contributed by atoms with Crippen LogP contribution in [0.5, 0.6) is 0 Å². The van der Waals surface area contributed by atoms with E-state index >= 15 is 0 Å². The van der Waals surface area contributed by atoms with E-state index in [2.05, 4.69) is 26.2 Å². The number of aromatic amines is 1. The molecule has 1 aliphatic rings. The van der Waals surface area contributed by atoms with Gasteiger partial charge in [0.15, 0.2) is 11.3 Å². The van der Waals surface area contributed by atoms with Crippen LogP contribution >= 0.6 is 0 Å². The van der Waals surface area contributed by atoms with Crippen LogP contribution in [0.3, 0.4) is 0 Å². The zero-order valence-electron chi connectivity index (χ0n) is 15.0. The normalized spacial score (nSPS) is 17.1. The molecule has 0 unspecified atom stereocenters. The molecule has 4 heterocycles. The maximum Gasteiger partial charge on any atom is 0.253 e. The fraction of sp³-hybridized carbons (Fsp3) is 0.250. The summed E-state index contributed by atoms with van der Waals surface area (Å²) in [6.45, 7) is 1.31. The Hall–Kier alpha value is -3.73. The van der Waals surface area contributed by atoms with Crippen molar-refractivity contribution < 1.29 is 4.79 Å². The molecule has 1 atom stereocenters. The summed E-state index contributed by atoms with van der Waals surface area (Å²) >= 11 is 0. The SMILES string of the molecule is N#Cc1ccc(C(=O)N2CCC[C@@H](c3nnc4cnc5[nH]ccc5n34)C2)cc1. The van der Waals surface area contributed by atoms with E-state index in [1.54, 1.807) is 30.5 Å². The second kappa shape index (κ2) is 6.46. The second-order valence-corrected chi connectivity index (χ2v) is 7.00. The number of fused-ring (bicyclic) bond motifs is 3. The first-order chi connectivity index (χ1) is 13.7. The van der Waals surface area contributed by atoms with Crippen molar-refractivity contribution in [2.24, 2.45) is 0 Å². The highest BCUT2D eigenvalue weighted by Gasteiger charge is 2.29. The first-order valence-corrected chi connectivity index (χ1v) is 9.21. The fourth-order valence-electron chi connectivity index (χ4n) is 3.90. The number of nitrogens with zero attached hydrogens (tertiary/aromatic N) is 6. The van der Waals surface area contributed by atoms with E-state index in [9.17, 15) is 4.79 Å². The minimum atomic E-state index is -0.0172. The molecular weight excluding hydrogens is 354 g/mol. The van der Waals surface area contributed by atoms with E-state index in [0.717, 1.165) is 29.8 Å². The number of likely N-dealkylation sites (tertiary alicyclic amines) is 1. The summed E-state index contributed by atoms with van der Waals surface area (Å²) in [4.78, 5) is 22.3. The van der Waals surface area contributed by atoms with Gasteiger partial charge in [-0.15, -0.1) is 10.2 Å². The number of benzene rings is 1. The summed E-state index contributed by atoms with van der Waals surface area (Å²) in [5.41, 5.74) is 3.58. The molecule has 1 aromatic carbocycles. The van der Waals surface area contributed by atoms with E-state index in [4.69, 9.17) is 5.26 Å². The van der Waals surface area contributed by atoms with Crippen molar-refractivity contribution in [1.29, 1.82) is 5.26 Å². The van der Waals surface area contributed by atoms with Gasteiger partial charge in [-0.25, -0.2) is 4.98 Å². The Morgan fingerprint density at radius 3 is 2.89 bits per heavy atom. The predicted octanol–water partition coefficient (Wildman–Crippen LogP) is 2.50. The Morgan fingerprint density at radius 2 is 2.07 bits per heavy atom. The molecule has 0 spiro atoms. The molecule has 1 saturated heterocycles. The van der Waals surface area contributed by atoms with Gasteiger partial charge in [0, 0.05) is 30.8 Å². The third kappa shape index (κ3) is 2.60. The number of aromatic nitrogens is 5. The van der Waals surface area contributed by atoms with E-state index < -0.39 is 0 Å². The average molecular weight is 371 g/mol. The lowest BCUT2D eigenvalue weighted by Gasteiger charge is -2.32. The van der Waals surface area contributed by atoms with Crippen molar-refractivity contribution in [2.75, 3.05) is 13.1 Å². The molecular formula is C20H17N7O. The lowest BCUT2D eigenvalue weighted by atomic mass is 9.96. The molecule has 1 amide bonds. The molecule has 4 aromatic rings. The van der Waals surface area contributed by atoms with Gasteiger partial charge in [0.05, 0.1) is 23.3 Å². The summed E-state index contributed by atoms with van der Waals surface area (Å²) in [6, 6.07) is 10.8. The van der Waals surface area contributed by atoms with Crippen LogP contribution in [-0.2, 0) is 0 Å². The maximum atomic E-state index is 12.9. The maximum absolute atomic E-state index is 12.9. The molecule has 5 rings (SSSR count). The van der Waals surface area contributed by atoms with Gasteiger partial charge < -0.3 is 9.88 Å². The van der Waals surface area contributed by atoms with Crippen LogP contribution in [0, 0.1) is 11.3 Å². The van der Waals surface area contributed by atoms with E-state index in [1.807, 2.05) is 21.6 Å². The van der Waals surface area contributed by atoms with Gasteiger partial charge in [-0.2, -0.15) is 5.26 Å². The van der Waals surface area contributed by atoms with Crippen molar-refractivity contribution in [3.8, 4) is 6.07 Å². The van der Waals surface area contributed by atoms with Gasteiger partial charge in [-0.1, -0.05) is 0 Å². The number of nitrogens with one attached hydrogen (secondary N) is 1. The molecule has 8 heteroatoms. The van der Waals surface area contributed by atoms with Crippen molar-refractivity contribution in [3.05, 3.63) is 59.7 Å². The topological polar surface area (TPSA) is 103 Å². The van der Waals surface area contributed by atoms with Crippen molar-refractivity contribution in [2.45, 2.75) is 18.8 Å². The Bertz CT molecular complexity index is 1220. The van der Waals surface area contributed by atoms with Crippen molar-refractivity contribution in [3.63, 3.8) is 0 Å². The lowest BCUT2D eigenvalue weighted by Crippen LogP contribution is -2.39.